The molecule has 0 heterocycles. The van der Waals surface area contributed by atoms with Crippen LogP contribution in [0.15, 0.2) is 0 Å². The van der Waals surface area contributed by atoms with Gasteiger partial charge in [-0.1, -0.05) is 33.1 Å². The van der Waals surface area contributed by atoms with Crippen LogP contribution in [0.3, 0.4) is 0 Å². The summed E-state index contributed by atoms with van der Waals surface area (Å²) in [5.74, 6) is -0.111. The highest BCUT2D eigenvalue weighted by atomic mass is 16.6. The molecule has 6 heteroatoms. The molecule has 0 atom stereocenters. The van der Waals surface area contributed by atoms with Crippen molar-refractivity contribution in [3.05, 3.63) is 0 Å². The Kier molecular flexibility index (Phi) is 8.19. The second-order valence-electron chi connectivity index (χ2n) is 8.46. The topological polar surface area (TPSA) is 84.9 Å². The van der Waals surface area contributed by atoms with Gasteiger partial charge >= 0.3 is 12.1 Å². The standard InChI is InChI=1S/C20H35NO5/c1-15(2)13-26-20(10-4-3-5-11-20)14-25-19(24)21-12-16-6-8-17(9-7-16)18(22)23/h15-17H,3-14H2,1-2H3,(H,21,24)(H,22,23). The normalized spacial score (nSPS) is 25.7. The van der Waals surface area contributed by atoms with Gasteiger partial charge in [-0.25, -0.2) is 4.79 Å². The van der Waals surface area contributed by atoms with Crippen molar-refractivity contribution in [3.8, 4) is 0 Å². The van der Waals surface area contributed by atoms with Gasteiger partial charge in [0.2, 0.25) is 0 Å². The Hall–Kier alpha value is -1.30. The minimum Gasteiger partial charge on any atom is -0.481 e. The number of ether oxygens (including phenoxy) is 2. The first kappa shape index (κ1) is 21.0. The van der Waals surface area contributed by atoms with E-state index in [1.165, 1.54) is 6.42 Å². The second kappa shape index (κ2) is 10.1. The van der Waals surface area contributed by atoms with Gasteiger partial charge in [-0.05, 0) is 50.4 Å². The number of nitrogens with one attached hydrogen (secondary N) is 1. The molecule has 6 nitrogen and oxygen atoms in total. The van der Waals surface area contributed by atoms with Gasteiger partial charge in [-0.2, -0.15) is 0 Å². The third-order valence-corrected chi connectivity index (χ3v) is 5.69. The lowest BCUT2D eigenvalue weighted by Crippen LogP contribution is -2.43. The van der Waals surface area contributed by atoms with Crippen LogP contribution in [0.4, 0.5) is 4.79 Å². The van der Waals surface area contributed by atoms with Crippen LogP contribution in [-0.4, -0.2) is 42.5 Å². The molecule has 0 bridgehead atoms. The average Bonchev–Trinajstić information content (AvgIpc) is 2.64. The molecule has 2 N–H and O–H groups in total. The van der Waals surface area contributed by atoms with Crippen molar-refractivity contribution in [1.82, 2.24) is 5.32 Å². The Morgan fingerprint density at radius 1 is 1.12 bits per heavy atom. The fourth-order valence-electron chi connectivity index (χ4n) is 3.96. The van der Waals surface area contributed by atoms with Gasteiger partial charge in [0, 0.05) is 13.2 Å². The predicted octanol–water partition coefficient (Wildman–Crippen LogP) is 3.98. The van der Waals surface area contributed by atoms with E-state index in [9.17, 15) is 9.59 Å². The zero-order valence-electron chi connectivity index (χ0n) is 16.3. The summed E-state index contributed by atoms with van der Waals surface area (Å²) < 4.78 is 11.6. The maximum Gasteiger partial charge on any atom is 0.407 e. The van der Waals surface area contributed by atoms with E-state index in [-0.39, 0.29) is 17.6 Å². The highest BCUT2D eigenvalue weighted by molar-refractivity contribution is 5.70. The molecule has 0 aliphatic heterocycles. The lowest BCUT2D eigenvalue weighted by atomic mass is 9.82. The molecule has 0 aromatic carbocycles. The van der Waals surface area contributed by atoms with Crippen molar-refractivity contribution in [1.29, 1.82) is 0 Å². The molecule has 0 spiro atoms. The summed E-state index contributed by atoms with van der Waals surface area (Å²) in [6, 6.07) is 0. The van der Waals surface area contributed by atoms with E-state index >= 15 is 0 Å². The number of amides is 1. The predicted molar refractivity (Wildman–Crippen MR) is 99.0 cm³/mol. The summed E-state index contributed by atoms with van der Waals surface area (Å²) in [6.45, 7) is 5.83. The fraction of sp³-hybridized carbons (Fsp3) is 0.900. The minimum atomic E-state index is -0.699. The third kappa shape index (κ3) is 6.78. The third-order valence-electron chi connectivity index (χ3n) is 5.69. The first-order chi connectivity index (χ1) is 12.4. The van der Waals surface area contributed by atoms with Crippen molar-refractivity contribution in [3.63, 3.8) is 0 Å². The summed E-state index contributed by atoms with van der Waals surface area (Å²) in [4.78, 5) is 23.1. The summed E-state index contributed by atoms with van der Waals surface area (Å²) in [6.07, 6.45) is 8.06. The smallest absolute Gasteiger partial charge is 0.407 e. The molecule has 2 aliphatic rings. The van der Waals surface area contributed by atoms with Gasteiger partial charge in [0.1, 0.15) is 12.2 Å². The molecule has 2 fully saturated rings. The van der Waals surface area contributed by atoms with Gasteiger partial charge < -0.3 is 19.9 Å². The van der Waals surface area contributed by atoms with E-state index in [1.54, 1.807) is 0 Å². The largest absolute Gasteiger partial charge is 0.481 e. The quantitative estimate of drug-likeness (QED) is 0.676. The zero-order valence-corrected chi connectivity index (χ0v) is 16.3. The Morgan fingerprint density at radius 2 is 1.77 bits per heavy atom. The van der Waals surface area contributed by atoms with Gasteiger partial charge in [0.15, 0.2) is 0 Å². The molecule has 0 unspecified atom stereocenters. The first-order valence-corrected chi connectivity index (χ1v) is 10.2. The Labute approximate surface area is 157 Å². The number of carboxylic acids is 1. The molecule has 0 saturated heterocycles. The maximum absolute atomic E-state index is 12.1. The summed E-state index contributed by atoms with van der Waals surface area (Å²) in [5.41, 5.74) is -0.320. The zero-order chi connectivity index (χ0) is 19.0. The average molecular weight is 370 g/mol. The van der Waals surface area contributed by atoms with E-state index in [4.69, 9.17) is 14.6 Å². The molecular weight excluding hydrogens is 334 g/mol. The van der Waals surface area contributed by atoms with Crippen molar-refractivity contribution in [2.24, 2.45) is 17.8 Å². The number of hydrogen-bond acceptors (Lipinski definition) is 4. The molecule has 0 aromatic rings. The van der Waals surface area contributed by atoms with Crippen LogP contribution in [0.25, 0.3) is 0 Å². The van der Waals surface area contributed by atoms with E-state index in [1.807, 2.05) is 0 Å². The molecule has 0 aromatic heterocycles. The van der Waals surface area contributed by atoms with Crippen LogP contribution in [0.5, 0.6) is 0 Å². The number of aliphatic carboxylic acids is 1. The molecule has 2 rings (SSSR count). The molecule has 150 valence electrons. The molecule has 1 amide bonds. The van der Waals surface area contributed by atoms with E-state index in [2.05, 4.69) is 19.2 Å². The highest BCUT2D eigenvalue weighted by Crippen LogP contribution is 2.32. The molecule has 2 aliphatic carbocycles. The van der Waals surface area contributed by atoms with Crippen LogP contribution in [0.1, 0.15) is 71.6 Å². The lowest BCUT2D eigenvalue weighted by Gasteiger charge is -2.37. The molecular formula is C20H35NO5. The molecule has 2 saturated carbocycles. The molecule has 0 radical (unpaired) electrons. The number of carbonyl (C=O) groups is 2. The Bertz CT molecular complexity index is 451. The van der Waals surface area contributed by atoms with Crippen LogP contribution in [0, 0.1) is 17.8 Å². The van der Waals surface area contributed by atoms with E-state index in [0.717, 1.165) is 38.5 Å². The Morgan fingerprint density at radius 3 is 2.35 bits per heavy atom. The fourth-order valence-corrected chi connectivity index (χ4v) is 3.96. The number of carboxylic acid groups (broad SMARTS) is 1. The van der Waals surface area contributed by atoms with Crippen LogP contribution in [-0.2, 0) is 14.3 Å². The summed E-state index contributed by atoms with van der Waals surface area (Å²) in [5, 5.41) is 11.9. The number of carbonyl (C=O) groups excluding carboxylic acids is 1. The van der Waals surface area contributed by atoms with Gasteiger partial charge in [0.05, 0.1) is 5.92 Å². The van der Waals surface area contributed by atoms with Gasteiger partial charge in [-0.15, -0.1) is 0 Å². The minimum absolute atomic E-state index is 0.220. The van der Waals surface area contributed by atoms with Crippen molar-refractivity contribution in [2.45, 2.75) is 77.2 Å². The van der Waals surface area contributed by atoms with Crippen LogP contribution in [0.2, 0.25) is 0 Å². The van der Waals surface area contributed by atoms with Crippen molar-refractivity contribution in [2.75, 3.05) is 19.8 Å². The maximum atomic E-state index is 12.1. The number of rotatable bonds is 8. The summed E-state index contributed by atoms with van der Waals surface area (Å²) >= 11 is 0. The van der Waals surface area contributed by atoms with Crippen LogP contribution >= 0.6 is 0 Å². The SMILES string of the molecule is CC(C)COC1(COC(=O)NCC2CCC(C(=O)O)CC2)CCCCC1. The van der Waals surface area contributed by atoms with Crippen molar-refractivity contribution < 1.29 is 24.2 Å². The lowest BCUT2D eigenvalue weighted by molar-refractivity contribution is -0.143. The van der Waals surface area contributed by atoms with Crippen LogP contribution < -0.4 is 5.32 Å². The van der Waals surface area contributed by atoms with E-state index in [0.29, 0.717) is 44.4 Å². The Balaban J connectivity index is 1.70. The first-order valence-electron chi connectivity index (χ1n) is 10.2. The number of hydrogen-bond donors (Lipinski definition) is 2. The monoisotopic (exact) mass is 369 g/mol. The summed E-state index contributed by atoms with van der Waals surface area (Å²) in [7, 11) is 0. The van der Waals surface area contributed by atoms with Crippen molar-refractivity contribution >= 4 is 12.1 Å². The molecule has 26 heavy (non-hydrogen) atoms. The van der Waals surface area contributed by atoms with Gasteiger partial charge in [0.25, 0.3) is 0 Å². The highest BCUT2D eigenvalue weighted by Gasteiger charge is 2.35. The van der Waals surface area contributed by atoms with E-state index < -0.39 is 5.97 Å². The van der Waals surface area contributed by atoms with Gasteiger partial charge in [-0.3, -0.25) is 4.79 Å². The number of alkyl carbamates (subject to hydrolysis) is 1. The second-order valence-corrected chi connectivity index (χ2v) is 8.46.